The van der Waals surface area contributed by atoms with Crippen LogP contribution in [-0.2, 0) is 14.8 Å². The van der Waals surface area contributed by atoms with Gasteiger partial charge in [0.15, 0.2) is 0 Å². The molecule has 0 saturated carbocycles. The van der Waals surface area contributed by atoms with Gasteiger partial charge < -0.3 is 5.32 Å². The van der Waals surface area contributed by atoms with Crippen LogP contribution in [-0.4, -0.2) is 37.6 Å². The van der Waals surface area contributed by atoms with E-state index in [0.717, 1.165) is 4.31 Å². The molecule has 0 aromatic heterocycles. The van der Waals surface area contributed by atoms with Crippen LogP contribution in [0.2, 0.25) is 0 Å². The van der Waals surface area contributed by atoms with Gasteiger partial charge in [-0.3, -0.25) is 14.9 Å². The number of nitro groups is 1. The largest absolute Gasteiger partial charge is 0.322 e. The van der Waals surface area contributed by atoms with Crippen molar-refractivity contribution in [1.29, 1.82) is 0 Å². The lowest BCUT2D eigenvalue weighted by atomic mass is 10.2. The first-order valence-corrected chi connectivity index (χ1v) is 9.32. The van der Waals surface area contributed by atoms with Gasteiger partial charge in [-0.25, -0.2) is 12.7 Å². The van der Waals surface area contributed by atoms with E-state index in [4.69, 9.17) is 0 Å². The summed E-state index contributed by atoms with van der Waals surface area (Å²) in [5.74, 6) is -0.482. The minimum Gasteiger partial charge on any atom is -0.322 e. The van der Waals surface area contributed by atoms with Crippen molar-refractivity contribution in [3.8, 4) is 0 Å². The minimum absolute atomic E-state index is 0.0658. The molecule has 0 aliphatic heterocycles. The standard InChI is InChI=1S/C18H19N3O5S/c1-13-7-9-16(27(25,26)20(2)3)12-17(13)19-18(22)10-8-14-5-4-6-15(11-14)21(23)24/h4-12H,1-3H3,(H,19,22)/b10-8+. The van der Waals surface area contributed by atoms with Gasteiger partial charge in [-0.05, 0) is 36.3 Å². The van der Waals surface area contributed by atoms with Crippen LogP contribution in [0.5, 0.6) is 0 Å². The van der Waals surface area contributed by atoms with Crippen LogP contribution in [0.15, 0.2) is 53.4 Å². The lowest BCUT2D eigenvalue weighted by molar-refractivity contribution is -0.384. The second-order valence-electron chi connectivity index (χ2n) is 5.94. The van der Waals surface area contributed by atoms with E-state index in [2.05, 4.69) is 5.32 Å². The number of hydrogen-bond donors (Lipinski definition) is 1. The fraction of sp³-hybridized carbons (Fsp3) is 0.167. The van der Waals surface area contributed by atoms with Crippen molar-refractivity contribution in [3.63, 3.8) is 0 Å². The van der Waals surface area contributed by atoms with E-state index in [9.17, 15) is 23.3 Å². The number of amides is 1. The quantitative estimate of drug-likeness (QED) is 0.464. The van der Waals surface area contributed by atoms with E-state index in [0.29, 0.717) is 16.8 Å². The van der Waals surface area contributed by atoms with E-state index in [1.165, 1.54) is 56.6 Å². The molecule has 0 unspecified atom stereocenters. The summed E-state index contributed by atoms with van der Waals surface area (Å²) in [4.78, 5) is 22.5. The van der Waals surface area contributed by atoms with E-state index >= 15 is 0 Å². The lowest BCUT2D eigenvalue weighted by Gasteiger charge is -2.14. The molecular formula is C18H19N3O5S. The number of sulfonamides is 1. The molecule has 8 nitrogen and oxygen atoms in total. The maximum absolute atomic E-state index is 12.2. The SMILES string of the molecule is Cc1ccc(S(=O)(=O)N(C)C)cc1NC(=O)/C=C/c1cccc([N+](=O)[O-])c1. The average molecular weight is 389 g/mol. The predicted octanol–water partition coefficient (Wildman–Crippen LogP) is 2.81. The van der Waals surface area contributed by atoms with E-state index in [1.54, 1.807) is 19.1 Å². The maximum Gasteiger partial charge on any atom is 0.270 e. The van der Waals surface area contributed by atoms with E-state index < -0.39 is 20.9 Å². The van der Waals surface area contributed by atoms with Gasteiger partial charge in [-0.2, -0.15) is 0 Å². The van der Waals surface area contributed by atoms with Crippen LogP contribution in [0.25, 0.3) is 6.08 Å². The first kappa shape index (κ1) is 20.3. The fourth-order valence-corrected chi connectivity index (χ4v) is 3.12. The normalized spacial score (nSPS) is 11.7. The minimum atomic E-state index is -3.62. The Morgan fingerprint density at radius 3 is 2.52 bits per heavy atom. The Bertz CT molecular complexity index is 1010. The number of non-ortho nitro benzene ring substituents is 1. The highest BCUT2D eigenvalue weighted by Gasteiger charge is 2.18. The topological polar surface area (TPSA) is 110 Å². The zero-order valence-electron chi connectivity index (χ0n) is 15.0. The molecular weight excluding hydrogens is 370 g/mol. The number of hydrogen-bond acceptors (Lipinski definition) is 5. The van der Waals surface area contributed by atoms with Gasteiger partial charge in [0, 0.05) is 38.0 Å². The Labute approximate surface area is 157 Å². The molecule has 0 spiro atoms. The van der Waals surface area contributed by atoms with Crippen LogP contribution in [0, 0.1) is 17.0 Å². The zero-order chi connectivity index (χ0) is 20.2. The van der Waals surface area contributed by atoms with E-state index in [1.807, 2.05) is 0 Å². The number of nitrogens with zero attached hydrogens (tertiary/aromatic N) is 2. The molecule has 27 heavy (non-hydrogen) atoms. The molecule has 2 aromatic rings. The third-order valence-corrected chi connectivity index (χ3v) is 5.56. The Kier molecular flexibility index (Phi) is 6.09. The highest BCUT2D eigenvalue weighted by Crippen LogP contribution is 2.22. The predicted molar refractivity (Wildman–Crippen MR) is 103 cm³/mol. The second-order valence-corrected chi connectivity index (χ2v) is 8.09. The van der Waals surface area contributed by atoms with Crippen LogP contribution >= 0.6 is 0 Å². The maximum atomic E-state index is 12.2. The molecule has 0 atom stereocenters. The van der Waals surface area contributed by atoms with Gasteiger partial charge in [0.2, 0.25) is 15.9 Å². The smallest absolute Gasteiger partial charge is 0.270 e. The van der Waals surface area contributed by atoms with Gasteiger partial charge >= 0.3 is 0 Å². The van der Waals surface area contributed by atoms with Crippen molar-refractivity contribution in [2.75, 3.05) is 19.4 Å². The lowest BCUT2D eigenvalue weighted by Crippen LogP contribution is -2.22. The summed E-state index contributed by atoms with van der Waals surface area (Å²) in [6.45, 7) is 1.74. The molecule has 0 radical (unpaired) electrons. The van der Waals surface area contributed by atoms with Gasteiger partial charge in [-0.1, -0.05) is 18.2 Å². The molecule has 0 bridgehead atoms. The summed E-state index contributed by atoms with van der Waals surface area (Å²) >= 11 is 0. The third kappa shape index (κ3) is 4.99. The molecule has 2 aromatic carbocycles. The molecule has 142 valence electrons. The molecule has 2 rings (SSSR count). The van der Waals surface area contributed by atoms with Crippen LogP contribution in [0.3, 0.4) is 0 Å². The number of rotatable bonds is 6. The van der Waals surface area contributed by atoms with Crippen molar-refractivity contribution < 1.29 is 18.1 Å². The van der Waals surface area contributed by atoms with Crippen molar-refractivity contribution >= 4 is 33.4 Å². The highest BCUT2D eigenvalue weighted by atomic mass is 32.2. The van der Waals surface area contributed by atoms with Crippen molar-refractivity contribution in [3.05, 3.63) is 69.8 Å². The second kappa shape index (κ2) is 8.11. The zero-order valence-corrected chi connectivity index (χ0v) is 15.9. The number of carbonyl (C=O) groups is 1. The number of benzene rings is 2. The molecule has 0 saturated heterocycles. The highest BCUT2D eigenvalue weighted by molar-refractivity contribution is 7.89. The molecule has 9 heteroatoms. The first-order valence-electron chi connectivity index (χ1n) is 7.88. The Balaban J connectivity index is 2.21. The number of nitrogens with one attached hydrogen (secondary N) is 1. The Morgan fingerprint density at radius 2 is 1.89 bits per heavy atom. The summed E-state index contributed by atoms with van der Waals surface area (Å²) < 4.78 is 25.5. The molecule has 0 fully saturated rings. The van der Waals surface area contributed by atoms with E-state index in [-0.39, 0.29) is 10.6 Å². The van der Waals surface area contributed by atoms with Crippen molar-refractivity contribution in [2.24, 2.45) is 0 Å². The van der Waals surface area contributed by atoms with Gasteiger partial charge in [-0.15, -0.1) is 0 Å². The average Bonchev–Trinajstić information content (AvgIpc) is 2.61. The first-order chi connectivity index (χ1) is 12.6. The van der Waals surface area contributed by atoms with Crippen molar-refractivity contribution in [1.82, 2.24) is 4.31 Å². The number of aryl methyl sites for hydroxylation is 1. The number of nitro benzene ring substituents is 1. The van der Waals surface area contributed by atoms with Gasteiger partial charge in [0.1, 0.15) is 0 Å². The monoisotopic (exact) mass is 389 g/mol. The van der Waals surface area contributed by atoms with Crippen LogP contribution in [0.1, 0.15) is 11.1 Å². The molecule has 1 amide bonds. The van der Waals surface area contributed by atoms with Gasteiger partial charge in [0.05, 0.1) is 9.82 Å². The molecule has 0 heterocycles. The number of anilines is 1. The summed E-state index contributed by atoms with van der Waals surface area (Å²) in [6.07, 6.45) is 2.67. The van der Waals surface area contributed by atoms with Crippen LogP contribution in [0.4, 0.5) is 11.4 Å². The van der Waals surface area contributed by atoms with Crippen molar-refractivity contribution in [2.45, 2.75) is 11.8 Å². The molecule has 0 aliphatic rings. The summed E-state index contributed by atoms with van der Waals surface area (Å²) in [5, 5.41) is 13.4. The summed E-state index contributed by atoms with van der Waals surface area (Å²) in [6, 6.07) is 10.3. The summed E-state index contributed by atoms with van der Waals surface area (Å²) in [5.41, 5.74) is 1.49. The Morgan fingerprint density at radius 1 is 1.19 bits per heavy atom. The van der Waals surface area contributed by atoms with Crippen LogP contribution < -0.4 is 5.32 Å². The fourth-order valence-electron chi connectivity index (χ4n) is 2.20. The van der Waals surface area contributed by atoms with Gasteiger partial charge in [0.25, 0.3) is 5.69 Å². The molecule has 0 aliphatic carbocycles. The Hall–Kier alpha value is -3.04. The third-order valence-electron chi connectivity index (χ3n) is 3.75. The summed E-state index contributed by atoms with van der Waals surface area (Å²) in [7, 11) is -0.768. The molecule has 1 N–H and O–H groups in total. The number of carbonyl (C=O) groups excluding carboxylic acids is 1.